The highest BCUT2D eigenvalue weighted by Gasteiger charge is 2.21. The zero-order chi connectivity index (χ0) is 20.8. The fourth-order valence-electron chi connectivity index (χ4n) is 3.05. The predicted molar refractivity (Wildman–Crippen MR) is 119 cm³/mol. The first kappa shape index (κ1) is 20.8. The molecule has 0 heterocycles. The first-order valence-corrected chi connectivity index (χ1v) is 10.2. The Morgan fingerprint density at radius 1 is 0.966 bits per heavy atom. The van der Waals surface area contributed by atoms with Crippen LogP contribution in [0.15, 0.2) is 71.6 Å². The predicted octanol–water partition coefficient (Wildman–Crippen LogP) is 5.70. The maximum Gasteiger partial charge on any atom is 0.164 e. The van der Waals surface area contributed by atoms with E-state index in [4.69, 9.17) is 15.2 Å². The number of aryl methyl sites for hydroxylation is 1. The SMILES string of the molecule is COc1ccc(C(CC(=O)c2ccc(C)cc2)Sc2ccccc2N)cc1OC. The number of methoxy groups -OCH3 is 2. The molecule has 0 aliphatic rings. The second-order valence-corrected chi connectivity index (χ2v) is 8.00. The van der Waals surface area contributed by atoms with Crippen LogP contribution in [0.2, 0.25) is 0 Å². The summed E-state index contributed by atoms with van der Waals surface area (Å²) < 4.78 is 10.8. The number of rotatable bonds is 8. The van der Waals surface area contributed by atoms with Crippen molar-refractivity contribution in [2.75, 3.05) is 20.0 Å². The van der Waals surface area contributed by atoms with Crippen LogP contribution in [0.25, 0.3) is 0 Å². The minimum Gasteiger partial charge on any atom is -0.493 e. The molecule has 0 aliphatic carbocycles. The fraction of sp³-hybridized carbons (Fsp3) is 0.208. The molecule has 0 fully saturated rings. The topological polar surface area (TPSA) is 61.5 Å². The molecule has 5 heteroatoms. The van der Waals surface area contributed by atoms with Crippen LogP contribution in [0.4, 0.5) is 5.69 Å². The summed E-state index contributed by atoms with van der Waals surface area (Å²) >= 11 is 1.59. The van der Waals surface area contributed by atoms with E-state index in [0.29, 0.717) is 29.2 Å². The molecule has 4 nitrogen and oxygen atoms in total. The molecule has 1 atom stereocenters. The molecule has 0 saturated carbocycles. The van der Waals surface area contributed by atoms with E-state index < -0.39 is 0 Å². The van der Waals surface area contributed by atoms with Crippen LogP contribution in [0, 0.1) is 6.92 Å². The number of carbonyl (C=O) groups is 1. The largest absolute Gasteiger partial charge is 0.493 e. The number of benzene rings is 3. The maximum absolute atomic E-state index is 13.0. The van der Waals surface area contributed by atoms with Crippen molar-refractivity contribution in [1.29, 1.82) is 0 Å². The van der Waals surface area contributed by atoms with Gasteiger partial charge in [0.15, 0.2) is 17.3 Å². The normalized spacial score (nSPS) is 11.7. The third-order valence-corrected chi connectivity index (χ3v) is 6.06. The Kier molecular flexibility index (Phi) is 6.83. The van der Waals surface area contributed by atoms with Gasteiger partial charge in [-0.3, -0.25) is 4.79 Å². The number of thioether (sulfide) groups is 1. The van der Waals surface area contributed by atoms with Crippen molar-refractivity contribution in [3.8, 4) is 11.5 Å². The number of carbonyl (C=O) groups excluding carboxylic acids is 1. The second kappa shape index (κ2) is 9.52. The number of ether oxygens (including phenoxy) is 2. The monoisotopic (exact) mass is 407 g/mol. The van der Waals surface area contributed by atoms with Gasteiger partial charge in [-0.15, -0.1) is 11.8 Å². The number of Topliss-reactive ketones (excluding diaryl/α,β-unsaturated/α-hetero) is 1. The van der Waals surface area contributed by atoms with E-state index in [1.54, 1.807) is 26.0 Å². The third-order valence-electron chi connectivity index (χ3n) is 4.71. The molecule has 2 N–H and O–H groups in total. The molecule has 3 rings (SSSR count). The minimum absolute atomic E-state index is 0.0896. The van der Waals surface area contributed by atoms with Gasteiger partial charge < -0.3 is 15.2 Å². The first-order valence-electron chi connectivity index (χ1n) is 9.34. The van der Waals surface area contributed by atoms with Gasteiger partial charge in [0.1, 0.15) is 0 Å². The molecule has 0 bridgehead atoms. The fourth-order valence-corrected chi connectivity index (χ4v) is 4.23. The van der Waals surface area contributed by atoms with E-state index in [9.17, 15) is 4.79 Å². The molecule has 0 radical (unpaired) electrons. The standard InChI is InChI=1S/C24H25NO3S/c1-16-8-10-17(11-9-16)20(26)15-24(29-23-7-5-4-6-19(23)25)18-12-13-21(27-2)22(14-18)28-3/h4-14,24H,15,25H2,1-3H3. The number of anilines is 1. The first-order chi connectivity index (χ1) is 14.0. The average Bonchev–Trinajstić information content (AvgIpc) is 2.74. The Morgan fingerprint density at radius 3 is 2.31 bits per heavy atom. The van der Waals surface area contributed by atoms with E-state index >= 15 is 0 Å². The van der Waals surface area contributed by atoms with Crippen molar-refractivity contribution in [1.82, 2.24) is 0 Å². The Labute approximate surface area is 176 Å². The van der Waals surface area contributed by atoms with Gasteiger partial charge in [0.2, 0.25) is 0 Å². The molecule has 0 aliphatic heterocycles. The van der Waals surface area contributed by atoms with Gasteiger partial charge >= 0.3 is 0 Å². The van der Waals surface area contributed by atoms with Gasteiger partial charge in [-0.25, -0.2) is 0 Å². The van der Waals surface area contributed by atoms with Gasteiger partial charge in [-0.1, -0.05) is 48.0 Å². The van der Waals surface area contributed by atoms with Crippen molar-refractivity contribution in [2.24, 2.45) is 0 Å². The zero-order valence-corrected chi connectivity index (χ0v) is 17.7. The lowest BCUT2D eigenvalue weighted by molar-refractivity contribution is 0.0982. The van der Waals surface area contributed by atoms with E-state index in [0.717, 1.165) is 16.0 Å². The molecule has 0 amide bonds. The smallest absolute Gasteiger partial charge is 0.164 e. The van der Waals surface area contributed by atoms with E-state index in [1.807, 2.05) is 73.7 Å². The van der Waals surface area contributed by atoms with Crippen LogP contribution in [0.3, 0.4) is 0 Å². The molecule has 3 aromatic carbocycles. The van der Waals surface area contributed by atoms with Crippen LogP contribution in [0.1, 0.15) is 33.2 Å². The number of hydrogen-bond acceptors (Lipinski definition) is 5. The summed E-state index contributed by atoms with van der Waals surface area (Å²) in [4.78, 5) is 13.9. The van der Waals surface area contributed by atoms with Crippen LogP contribution >= 0.6 is 11.8 Å². The van der Waals surface area contributed by atoms with Gasteiger partial charge in [-0.05, 0) is 36.8 Å². The summed E-state index contributed by atoms with van der Waals surface area (Å²) in [6.07, 6.45) is 0.345. The lowest BCUT2D eigenvalue weighted by atomic mass is 10.0. The van der Waals surface area contributed by atoms with Crippen molar-refractivity contribution in [2.45, 2.75) is 23.5 Å². The molecule has 29 heavy (non-hydrogen) atoms. The van der Waals surface area contributed by atoms with Crippen molar-refractivity contribution >= 4 is 23.2 Å². The summed E-state index contributed by atoms with van der Waals surface area (Å²) in [5, 5.41) is -0.117. The van der Waals surface area contributed by atoms with E-state index in [-0.39, 0.29) is 11.0 Å². The van der Waals surface area contributed by atoms with Crippen molar-refractivity contribution in [3.05, 3.63) is 83.4 Å². The molecule has 1 unspecified atom stereocenters. The maximum atomic E-state index is 13.0. The number of hydrogen-bond donors (Lipinski definition) is 1. The van der Waals surface area contributed by atoms with Crippen LogP contribution in [0.5, 0.6) is 11.5 Å². The second-order valence-electron chi connectivity index (χ2n) is 6.75. The zero-order valence-electron chi connectivity index (χ0n) is 16.8. The van der Waals surface area contributed by atoms with Crippen LogP contribution in [-0.4, -0.2) is 20.0 Å². The molecule has 0 saturated heterocycles. The summed E-state index contributed by atoms with van der Waals surface area (Å²) in [7, 11) is 3.21. The van der Waals surface area contributed by atoms with E-state index in [1.165, 1.54) is 0 Å². The molecule has 3 aromatic rings. The Bertz CT molecular complexity index is 986. The van der Waals surface area contributed by atoms with Gasteiger partial charge in [0.25, 0.3) is 0 Å². The Hall–Kier alpha value is -2.92. The summed E-state index contributed by atoms with van der Waals surface area (Å²) in [5.74, 6) is 1.38. The number of ketones is 1. The highest BCUT2D eigenvalue weighted by molar-refractivity contribution is 7.99. The van der Waals surface area contributed by atoms with Crippen LogP contribution in [-0.2, 0) is 0 Å². The van der Waals surface area contributed by atoms with Gasteiger partial charge in [0.05, 0.1) is 14.2 Å². The molecular formula is C24H25NO3S. The van der Waals surface area contributed by atoms with Crippen LogP contribution < -0.4 is 15.2 Å². The minimum atomic E-state index is -0.117. The lowest BCUT2D eigenvalue weighted by Gasteiger charge is -2.19. The summed E-state index contributed by atoms with van der Waals surface area (Å²) in [6, 6.07) is 21.1. The van der Waals surface area contributed by atoms with Gasteiger partial charge in [0, 0.05) is 27.8 Å². The van der Waals surface area contributed by atoms with Gasteiger partial charge in [-0.2, -0.15) is 0 Å². The number of nitrogens with two attached hydrogens (primary N) is 1. The molecule has 150 valence electrons. The summed E-state index contributed by atoms with van der Waals surface area (Å²) in [5.41, 5.74) is 9.68. The van der Waals surface area contributed by atoms with E-state index in [2.05, 4.69) is 0 Å². The summed E-state index contributed by atoms with van der Waals surface area (Å²) in [6.45, 7) is 2.01. The third kappa shape index (κ3) is 5.12. The van der Waals surface area contributed by atoms with Crippen molar-refractivity contribution < 1.29 is 14.3 Å². The molecule has 0 aromatic heterocycles. The Balaban J connectivity index is 1.94. The highest BCUT2D eigenvalue weighted by Crippen LogP contribution is 2.43. The number of para-hydroxylation sites is 1. The highest BCUT2D eigenvalue weighted by atomic mass is 32.2. The molecule has 0 spiro atoms. The van der Waals surface area contributed by atoms with Crippen molar-refractivity contribution in [3.63, 3.8) is 0 Å². The molecular weight excluding hydrogens is 382 g/mol. The lowest BCUT2D eigenvalue weighted by Crippen LogP contribution is -2.06. The Morgan fingerprint density at radius 2 is 1.66 bits per heavy atom. The number of nitrogen functional groups attached to an aromatic ring is 1. The quantitative estimate of drug-likeness (QED) is 0.295. The average molecular weight is 408 g/mol.